The zero-order valence-electron chi connectivity index (χ0n) is 13.6. The van der Waals surface area contributed by atoms with Gasteiger partial charge in [0.1, 0.15) is 5.54 Å². The summed E-state index contributed by atoms with van der Waals surface area (Å²) < 4.78 is 0. The molecule has 1 unspecified atom stereocenters. The first kappa shape index (κ1) is 17.7. The van der Waals surface area contributed by atoms with Crippen LogP contribution in [0.4, 0.5) is 0 Å². The van der Waals surface area contributed by atoms with Gasteiger partial charge in [-0.15, -0.1) is 0 Å². The number of carboxylic acids is 1. The maximum absolute atomic E-state index is 12.0. The van der Waals surface area contributed by atoms with Crippen LogP contribution in [0.3, 0.4) is 0 Å². The Labute approximate surface area is 128 Å². The van der Waals surface area contributed by atoms with E-state index in [0.717, 1.165) is 25.1 Å². The number of nitrogens with one attached hydrogen (secondary N) is 1. The van der Waals surface area contributed by atoms with Crippen molar-refractivity contribution in [1.82, 2.24) is 10.2 Å². The standard InChI is InChI=1S/C17H28N2O2/c1-5-12-19(4)13-11-17(16(20)21,18-14(2)3)15-9-7-6-8-10-15/h6-10,14,18H,5,11-13H2,1-4H3,(H,20,21). The number of nitrogens with zero attached hydrogens (tertiary/aromatic N) is 1. The van der Waals surface area contributed by atoms with E-state index in [2.05, 4.69) is 17.1 Å². The molecule has 21 heavy (non-hydrogen) atoms. The summed E-state index contributed by atoms with van der Waals surface area (Å²) in [6, 6.07) is 9.58. The summed E-state index contributed by atoms with van der Waals surface area (Å²) in [5.41, 5.74) is -0.214. The molecule has 4 heteroatoms. The Bertz CT molecular complexity index is 434. The highest BCUT2D eigenvalue weighted by Gasteiger charge is 2.40. The van der Waals surface area contributed by atoms with Gasteiger partial charge in [-0.05, 0) is 45.8 Å². The van der Waals surface area contributed by atoms with E-state index in [0.29, 0.717) is 6.42 Å². The maximum Gasteiger partial charge on any atom is 0.328 e. The van der Waals surface area contributed by atoms with Gasteiger partial charge in [-0.3, -0.25) is 5.32 Å². The molecule has 0 bridgehead atoms. The van der Waals surface area contributed by atoms with E-state index in [4.69, 9.17) is 0 Å². The third-order valence-electron chi connectivity index (χ3n) is 3.64. The van der Waals surface area contributed by atoms with Crippen molar-refractivity contribution in [3.05, 3.63) is 35.9 Å². The molecule has 0 aliphatic rings. The monoisotopic (exact) mass is 292 g/mol. The number of hydrogen-bond acceptors (Lipinski definition) is 3. The van der Waals surface area contributed by atoms with E-state index in [1.165, 1.54) is 0 Å². The number of aliphatic carboxylic acids is 1. The van der Waals surface area contributed by atoms with Gasteiger partial charge in [0.25, 0.3) is 0 Å². The van der Waals surface area contributed by atoms with Gasteiger partial charge in [-0.25, -0.2) is 4.79 Å². The van der Waals surface area contributed by atoms with Crippen molar-refractivity contribution in [2.45, 2.75) is 45.2 Å². The summed E-state index contributed by atoms with van der Waals surface area (Å²) >= 11 is 0. The molecule has 0 saturated heterocycles. The molecule has 2 N–H and O–H groups in total. The Hall–Kier alpha value is -1.39. The maximum atomic E-state index is 12.0. The van der Waals surface area contributed by atoms with Crippen LogP contribution >= 0.6 is 0 Å². The fourth-order valence-corrected chi connectivity index (χ4v) is 2.66. The van der Waals surface area contributed by atoms with Gasteiger partial charge in [0, 0.05) is 12.6 Å². The third-order valence-corrected chi connectivity index (χ3v) is 3.64. The van der Waals surface area contributed by atoms with Crippen LogP contribution in [0.1, 0.15) is 39.2 Å². The molecule has 0 fully saturated rings. The minimum absolute atomic E-state index is 0.0952. The van der Waals surface area contributed by atoms with Gasteiger partial charge in [0.05, 0.1) is 0 Å². The van der Waals surface area contributed by atoms with Crippen LogP contribution < -0.4 is 5.32 Å². The van der Waals surface area contributed by atoms with Crippen molar-refractivity contribution >= 4 is 5.97 Å². The quantitative estimate of drug-likeness (QED) is 0.735. The first-order chi connectivity index (χ1) is 9.92. The van der Waals surface area contributed by atoms with E-state index in [1.807, 2.05) is 51.2 Å². The number of benzene rings is 1. The lowest BCUT2D eigenvalue weighted by atomic mass is 9.85. The molecule has 1 aromatic rings. The Morgan fingerprint density at radius 1 is 1.29 bits per heavy atom. The third kappa shape index (κ3) is 4.83. The second-order valence-electron chi connectivity index (χ2n) is 5.93. The topological polar surface area (TPSA) is 52.6 Å². The highest BCUT2D eigenvalue weighted by Crippen LogP contribution is 2.27. The summed E-state index contributed by atoms with van der Waals surface area (Å²) in [6.07, 6.45) is 1.61. The molecule has 0 aliphatic heterocycles. The molecule has 0 radical (unpaired) electrons. The lowest BCUT2D eigenvalue weighted by Gasteiger charge is -2.34. The normalized spacial score (nSPS) is 14.4. The van der Waals surface area contributed by atoms with Gasteiger partial charge in [0.15, 0.2) is 0 Å². The van der Waals surface area contributed by atoms with Gasteiger partial charge in [-0.2, -0.15) is 0 Å². The second kappa shape index (κ2) is 8.15. The van der Waals surface area contributed by atoms with Gasteiger partial charge < -0.3 is 10.0 Å². The van der Waals surface area contributed by atoms with Crippen molar-refractivity contribution in [2.24, 2.45) is 0 Å². The molecule has 118 valence electrons. The Kier molecular flexibility index (Phi) is 6.85. The molecule has 1 aromatic carbocycles. The zero-order valence-corrected chi connectivity index (χ0v) is 13.6. The van der Waals surface area contributed by atoms with E-state index >= 15 is 0 Å². The van der Waals surface area contributed by atoms with Crippen LogP contribution in [0.5, 0.6) is 0 Å². The smallest absolute Gasteiger partial charge is 0.328 e. The Morgan fingerprint density at radius 3 is 2.38 bits per heavy atom. The predicted molar refractivity (Wildman–Crippen MR) is 86.4 cm³/mol. The van der Waals surface area contributed by atoms with Gasteiger partial charge >= 0.3 is 5.97 Å². The summed E-state index contributed by atoms with van der Waals surface area (Å²) in [4.78, 5) is 14.2. The first-order valence-electron chi connectivity index (χ1n) is 7.67. The van der Waals surface area contributed by atoms with Crippen LogP contribution in [0.25, 0.3) is 0 Å². The lowest BCUT2D eigenvalue weighted by molar-refractivity contribution is -0.146. The van der Waals surface area contributed by atoms with Crippen LogP contribution in [0, 0.1) is 0 Å². The molecule has 4 nitrogen and oxygen atoms in total. The zero-order chi connectivity index (χ0) is 15.9. The molecular weight excluding hydrogens is 264 g/mol. The molecule has 0 aliphatic carbocycles. The van der Waals surface area contributed by atoms with Gasteiger partial charge in [-0.1, -0.05) is 37.3 Å². The van der Waals surface area contributed by atoms with Gasteiger partial charge in [0.2, 0.25) is 0 Å². The fraction of sp³-hybridized carbons (Fsp3) is 0.588. The molecule has 0 heterocycles. The molecule has 0 saturated carbocycles. The SMILES string of the molecule is CCCN(C)CCC(NC(C)C)(C(=O)O)c1ccccc1. The molecule has 0 aromatic heterocycles. The van der Waals surface area contributed by atoms with Crippen molar-refractivity contribution < 1.29 is 9.90 Å². The number of carbonyl (C=O) groups is 1. The van der Waals surface area contributed by atoms with E-state index in [-0.39, 0.29) is 6.04 Å². The minimum Gasteiger partial charge on any atom is -0.480 e. The van der Waals surface area contributed by atoms with Crippen molar-refractivity contribution in [2.75, 3.05) is 20.1 Å². The van der Waals surface area contributed by atoms with Crippen molar-refractivity contribution in [3.8, 4) is 0 Å². The van der Waals surface area contributed by atoms with E-state index in [1.54, 1.807) is 0 Å². The fourth-order valence-electron chi connectivity index (χ4n) is 2.66. The average molecular weight is 292 g/mol. The Balaban J connectivity index is 3.05. The molecule has 0 spiro atoms. The summed E-state index contributed by atoms with van der Waals surface area (Å²) in [6.45, 7) is 7.82. The molecule has 1 atom stereocenters. The number of hydrogen-bond donors (Lipinski definition) is 2. The van der Waals surface area contributed by atoms with E-state index in [9.17, 15) is 9.90 Å². The summed E-state index contributed by atoms with van der Waals surface area (Å²) in [5, 5.41) is 13.2. The van der Waals surface area contributed by atoms with Crippen LogP contribution in [-0.2, 0) is 10.3 Å². The highest BCUT2D eigenvalue weighted by molar-refractivity contribution is 5.80. The Morgan fingerprint density at radius 2 is 1.90 bits per heavy atom. The minimum atomic E-state index is -1.03. The van der Waals surface area contributed by atoms with Crippen molar-refractivity contribution in [3.63, 3.8) is 0 Å². The van der Waals surface area contributed by atoms with Crippen LogP contribution in [0.2, 0.25) is 0 Å². The largest absolute Gasteiger partial charge is 0.480 e. The molecule has 1 rings (SSSR count). The predicted octanol–water partition coefficient (Wildman–Crippen LogP) is 2.70. The first-order valence-corrected chi connectivity index (χ1v) is 7.67. The number of carboxylic acid groups (broad SMARTS) is 1. The molecule has 0 amide bonds. The average Bonchev–Trinajstić information content (AvgIpc) is 2.44. The second-order valence-corrected chi connectivity index (χ2v) is 5.93. The van der Waals surface area contributed by atoms with Crippen LogP contribution in [0.15, 0.2) is 30.3 Å². The highest BCUT2D eigenvalue weighted by atomic mass is 16.4. The summed E-state index contributed by atoms with van der Waals surface area (Å²) in [7, 11) is 2.04. The lowest BCUT2D eigenvalue weighted by Crippen LogP contribution is -2.53. The van der Waals surface area contributed by atoms with Crippen LogP contribution in [-0.4, -0.2) is 42.2 Å². The van der Waals surface area contributed by atoms with E-state index < -0.39 is 11.5 Å². The number of rotatable bonds is 9. The summed E-state index contributed by atoms with van der Waals surface area (Å²) in [5.74, 6) is -0.813. The molecular formula is C17H28N2O2. The van der Waals surface area contributed by atoms with Crippen molar-refractivity contribution in [1.29, 1.82) is 0 Å².